The van der Waals surface area contributed by atoms with E-state index in [1.807, 2.05) is 24.4 Å². The smallest absolute Gasteiger partial charge is 0.247 e. The van der Waals surface area contributed by atoms with Crippen LogP contribution in [0.15, 0.2) is 73.6 Å². The number of amides is 1. The van der Waals surface area contributed by atoms with Crippen molar-refractivity contribution in [1.29, 1.82) is 0 Å². The number of fused-ring (bicyclic) bond motifs is 1. The zero-order valence-corrected chi connectivity index (χ0v) is 22.3. The average Bonchev–Trinajstić information content (AvgIpc) is 3.29. The predicted octanol–water partition coefficient (Wildman–Crippen LogP) is 6.22. The topological polar surface area (TPSA) is 71.4 Å². The first-order valence-corrected chi connectivity index (χ1v) is 13.1. The summed E-state index contributed by atoms with van der Waals surface area (Å²) in [7, 11) is 3.75. The van der Waals surface area contributed by atoms with E-state index < -0.39 is 0 Å². The number of aryl methyl sites for hydroxylation is 1. The normalized spacial score (nSPS) is 13.9. The maximum Gasteiger partial charge on any atom is 0.247 e. The van der Waals surface area contributed by atoms with Crippen molar-refractivity contribution in [2.45, 2.75) is 26.3 Å². The first kappa shape index (κ1) is 25.4. The molecule has 2 aromatic carbocycles. The van der Waals surface area contributed by atoms with Crippen molar-refractivity contribution in [2.75, 3.05) is 35.7 Å². The molecule has 2 N–H and O–H groups in total. The van der Waals surface area contributed by atoms with Gasteiger partial charge in [-0.05, 0) is 54.7 Å². The van der Waals surface area contributed by atoms with Gasteiger partial charge in [-0.2, -0.15) is 0 Å². The molecular weight excluding hydrogens is 474 g/mol. The Bertz CT molecular complexity index is 1470. The van der Waals surface area contributed by atoms with Gasteiger partial charge in [0.05, 0.1) is 18.5 Å². The van der Waals surface area contributed by atoms with Crippen LogP contribution in [0.25, 0.3) is 22.0 Å². The van der Waals surface area contributed by atoms with Crippen LogP contribution in [0.4, 0.5) is 17.2 Å². The van der Waals surface area contributed by atoms with Gasteiger partial charge in [-0.1, -0.05) is 31.7 Å². The Morgan fingerprint density at radius 3 is 2.74 bits per heavy atom. The molecule has 1 aliphatic heterocycles. The number of nitrogens with zero attached hydrogens (tertiary/aromatic N) is 3. The number of para-hydroxylation sites is 1. The van der Waals surface area contributed by atoms with E-state index in [9.17, 15) is 4.79 Å². The lowest BCUT2D eigenvalue weighted by Gasteiger charge is -2.34. The van der Waals surface area contributed by atoms with Crippen LogP contribution >= 0.6 is 0 Å². The molecule has 4 aromatic rings. The number of methoxy groups -OCH3 is 1. The van der Waals surface area contributed by atoms with Gasteiger partial charge in [-0.3, -0.25) is 4.79 Å². The van der Waals surface area contributed by atoms with E-state index in [0.717, 1.165) is 60.0 Å². The Morgan fingerprint density at radius 2 is 1.97 bits per heavy atom. The molecular formula is C31H35N5O2. The van der Waals surface area contributed by atoms with E-state index >= 15 is 0 Å². The van der Waals surface area contributed by atoms with E-state index in [1.54, 1.807) is 7.11 Å². The molecule has 0 spiro atoms. The number of rotatable bonds is 8. The summed E-state index contributed by atoms with van der Waals surface area (Å²) in [6, 6.07) is 16.5. The van der Waals surface area contributed by atoms with Crippen LogP contribution in [0, 0.1) is 5.92 Å². The summed E-state index contributed by atoms with van der Waals surface area (Å²) in [5, 5.41) is 7.67. The fourth-order valence-electron chi connectivity index (χ4n) is 5.19. The minimum Gasteiger partial charge on any atom is -0.496 e. The number of pyridine rings is 1. The second kappa shape index (κ2) is 11.0. The number of carbonyl (C=O) groups is 1. The summed E-state index contributed by atoms with van der Waals surface area (Å²) in [6.07, 6.45) is 7.53. The SMILES string of the molecule is C=CC(=O)Nc1cc(CNc2cc(-c3cn(C)c4ccccc34)ccn2)c(OC)cc1N1CCC(C)CC1. The molecule has 0 unspecified atom stereocenters. The first-order valence-electron chi connectivity index (χ1n) is 13.1. The highest BCUT2D eigenvalue weighted by Gasteiger charge is 2.21. The number of ether oxygens (including phenoxy) is 1. The van der Waals surface area contributed by atoms with Crippen LogP contribution in [0.2, 0.25) is 0 Å². The van der Waals surface area contributed by atoms with Crippen molar-refractivity contribution in [3.63, 3.8) is 0 Å². The molecule has 7 heteroatoms. The number of aromatic nitrogens is 2. The van der Waals surface area contributed by atoms with Crippen LogP contribution in [0.5, 0.6) is 5.75 Å². The van der Waals surface area contributed by atoms with Crippen molar-refractivity contribution in [1.82, 2.24) is 9.55 Å². The summed E-state index contributed by atoms with van der Waals surface area (Å²) in [5.74, 6) is 2.02. The van der Waals surface area contributed by atoms with Crippen LogP contribution < -0.4 is 20.3 Å². The second-order valence-electron chi connectivity index (χ2n) is 10.00. The van der Waals surface area contributed by atoms with E-state index in [-0.39, 0.29) is 5.91 Å². The first-order chi connectivity index (χ1) is 18.5. The average molecular weight is 510 g/mol. The van der Waals surface area contributed by atoms with Crippen LogP contribution in [0.1, 0.15) is 25.3 Å². The van der Waals surface area contributed by atoms with Gasteiger partial charge in [-0.25, -0.2) is 4.98 Å². The van der Waals surface area contributed by atoms with Gasteiger partial charge >= 0.3 is 0 Å². The van der Waals surface area contributed by atoms with Gasteiger partial charge in [0.15, 0.2) is 0 Å². The van der Waals surface area contributed by atoms with Crippen molar-refractivity contribution in [3.05, 3.63) is 79.1 Å². The fourth-order valence-corrected chi connectivity index (χ4v) is 5.19. The summed E-state index contributed by atoms with van der Waals surface area (Å²) in [4.78, 5) is 19.2. The molecule has 3 heterocycles. The number of anilines is 3. The third-order valence-electron chi connectivity index (χ3n) is 7.39. The summed E-state index contributed by atoms with van der Waals surface area (Å²) >= 11 is 0. The Hall–Kier alpha value is -4.26. The maximum absolute atomic E-state index is 12.3. The molecule has 1 fully saturated rings. The van der Waals surface area contributed by atoms with Crippen LogP contribution in [-0.4, -0.2) is 35.7 Å². The van der Waals surface area contributed by atoms with E-state index in [2.05, 4.69) is 82.2 Å². The third-order valence-corrected chi connectivity index (χ3v) is 7.39. The van der Waals surface area contributed by atoms with E-state index in [1.165, 1.54) is 22.5 Å². The van der Waals surface area contributed by atoms with Crippen molar-refractivity contribution >= 4 is 34.0 Å². The van der Waals surface area contributed by atoms with Gasteiger partial charge in [0, 0.05) is 67.2 Å². The standard InChI is InChI=1S/C31H35N5O2/c1-5-31(37)34-26-16-23(29(38-4)18-28(26)36-14-11-21(2)12-15-36)19-33-30-17-22(10-13-32-30)25-20-35(3)27-9-7-6-8-24(25)27/h5-10,13,16-18,20-21H,1,11-12,14-15,19H2,2-4H3,(H,32,33)(H,34,37). The van der Waals surface area contributed by atoms with Crippen LogP contribution in [-0.2, 0) is 18.4 Å². The molecule has 0 radical (unpaired) electrons. The Balaban J connectivity index is 1.42. The molecule has 0 saturated carbocycles. The summed E-state index contributed by atoms with van der Waals surface area (Å²) < 4.78 is 7.94. The maximum atomic E-state index is 12.3. The number of carbonyl (C=O) groups excluding carboxylic acids is 1. The van der Waals surface area contributed by atoms with E-state index in [4.69, 9.17) is 4.74 Å². The van der Waals surface area contributed by atoms with E-state index in [0.29, 0.717) is 12.5 Å². The zero-order valence-electron chi connectivity index (χ0n) is 22.3. The minimum absolute atomic E-state index is 0.231. The van der Waals surface area contributed by atoms with Gasteiger partial charge < -0.3 is 24.8 Å². The largest absolute Gasteiger partial charge is 0.496 e. The molecule has 196 valence electrons. The lowest BCUT2D eigenvalue weighted by molar-refractivity contribution is -0.111. The monoisotopic (exact) mass is 509 g/mol. The summed E-state index contributed by atoms with van der Waals surface area (Å²) in [5.41, 5.74) is 6.12. The van der Waals surface area contributed by atoms with Crippen molar-refractivity contribution in [3.8, 4) is 16.9 Å². The number of hydrogen-bond donors (Lipinski definition) is 2. The molecule has 7 nitrogen and oxygen atoms in total. The molecule has 2 aromatic heterocycles. The highest BCUT2D eigenvalue weighted by atomic mass is 16.5. The molecule has 0 aliphatic carbocycles. The highest BCUT2D eigenvalue weighted by Crippen LogP contribution is 2.37. The Kier molecular flexibility index (Phi) is 7.36. The van der Waals surface area contributed by atoms with Gasteiger partial charge in [0.1, 0.15) is 11.6 Å². The molecule has 1 aliphatic rings. The Labute approximate surface area is 224 Å². The second-order valence-corrected chi connectivity index (χ2v) is 10.00. The lowest BCUT2D eigenvalue weighted by Crippen LogP contribution is -2.33. The van der Waals surface area contributed by atoms with Crippen LogP contribution in [0.3, 0.4) is 0 Å². The molecule has 0 atom stereocenters. The molecule has 0 bridgehead atoms. The van der Waals surface area contributed by atoms with Gasteiger partial charge in [0.2, 0.25) is 5.91 Å². The summed E-state index contributed by atoms with van der Waals surface area (Å²) in [6.45, 7) is 8.30. The fraction of sp³-hybridized carbons (Fsp3) is 0.290. The van der Waals surface area contributed by atoms with Crippen molar-refractivity contribution < 1.29 is 9.53 Å². The van der Waals surface area contributed by atoms with Gasteiger partial charge in [-0.15, -0.1) is 0 Å². The molecule has 1 saturated heterocycles. The quantitative estimate of drug-likeness (QED) is 0.276. The van der Waals surface area contributed by atoms with Gasteiger partial charge in [0.25, 0.3) is 0 Å². The lowest BCUT2D eigenvalue weighted by atomic mass is 9.98. The third kappa shape index (κ3) is 5.23. The van der Waals surface area contributed by atoms with Crippen molar-refractivity contribution in [2.24, 2.45) is 13.0 Å². The molecule has 1 amide bonds. The number of benzene rings is 2. The number of hydrogen-bond acceptors (Lipinski definition) is 5. The Morgan fingerprint density at radius 1 is 1.18 bits per heavy atom. The number of piperidine rings is 1. The highest BCUT2D eigenvalue weighted by molar-refractivity contribution is 6.01. The zero-order chi connectivity index (χ0) is 26.6. The minimum atomic E-state index is -0.231. The molecule has 5 rings (SSSR count). The molecule has 38 heavy (non-hydrogen) atoms. The number of nitrogens with one attached hydrogen (secondary N) is 2. The predicted molar refractivity (Wildman–Crippen MR) is 156 cm³/mol.